The van der Waals surface area contributed by atoms with Crippen molar-refractivity contribution in [3.8, 4) is 5.75 Å². The van der Waals surface area contributed by atoms with Gasteiger partial charge in [-0.25, -0.2) is 13.6 Å². The summed E-state index contributed by atoms with van der Waals surface area (Å²) in [6.07, 6.45) is 1.28. The second kappa shape index (κ2) is 11.8. The van der Waals surface area contributed by atoms with Crippen molar-refractivity contribution >= 4 is 36.0 Å². The summed E-state index contributed by atoms with van der Waals surface area (Å²) in [4.78, 5) is 17.3. The van der Waals surface area contributed by atoms with E-state index in [1.165, 1.54) is 13.2 Å². The SMILES string of the molecule is CN=C(NCCOc1ccc(F)c(F)c1)NC1CCN(C(=O)OC)CC1.I. The Kier molecular flexibility index (Phi) is 10.1. The van der Waals surface area contributed by atoms with Crippen molar-refractivity contribution in [3.63, 3.8) is 0 Å². The minimum Gasteiger partial charge on any atom is -0.492 e. The molecule has 27 heavy (non-hydrogen) atoms. The summed E-state index contributed by atoms with van der Waals surface area (Å²) in [6, 6.07) is 3.62. The molecule has 0 bridgehead atoms. The Labute approximate surface area is 174 Å². The highest BCUT2D eigenvalue weighted by Gasteiger charge is 2.23. The summed E-state index contributed by atoms with van der Waals surface area (Å²) in [5.74, 6) is -0.955. The van der Waals surface area contributed by atoms with Crippen LogP contribution in [0.5, 0.6) is 5.75 Å². The molecule has 0 saturated carbocycles. The van der Waals surface area contributed by atoms with Crippen LogP contribution in [-0.4, -0.2) is 63.4 Å². The summed E-state index contributed by atoms with van der Waals surface area (Å²) in [5.41, 5.74) is 0. The van der Waals surface area contributed by atoms with E-state index in [2.05, 4.69) is 15.6 Å². The number of piperidine rings is 1. The lowest BCUT2D eigenvalue weighted by molar-refractivity contribution is 0.111. The van der Waals surface area contributed by atoms with Gasteiger partial charge in [0.2, 0.25) is 0 Å². The molecule has 0 aromatic heterocycles. The molecule has 0 aliphatic carbocycles. The third-order valence-corrected chi connectivity index (χ3v) is 4.05. The smallest absolute Gasteiger partial charge is 0.409 e. The molecule has 1 fully saturated rings. The lowest BCUT2D eigenvalue weighted by Gasteiger charge is -2.32. The molecule has 0 unspecified atom stereocenters. The van der Waals surface area contributed by atoms with E-state index in [1.807, 2.05) is 0 Å². The number of rotatable bonds is 5. The fourth-order valence-electron chi connectivity index (χ4n) is 2.63. The molecule has 1 aromatic carbocycles. The van der Waals surface area contributed by atoms with Crippen LogP contribution in [0.2, 0.25) is 0 Å². The highest BCUT2D eigenvalue weighted by atomic mass is 127. The molecule has 1 heterocycles. The molecule has 1 amide bonds. The van der Waals surface area contributed by atoms with Crippen LogP contribution < -0.4 is 15.4 Å². The third kappa shape index (κ3) is 7.35. The molecule has 2 N–H and O–H groups in total. The highest BCUT2D eigenvalue weighted by molar-refractivity contribution is 14.0. The molecule has 0 radical (unpaired) electrons. The van der Waals surface area contributed by atoms with Crippen LogP contribution in [0.4, 0.5) is 13.6 Å². The van der Waals surface area contributed by atoms with E-state index in [1.54, 1.807) is 11.9 Å². The van der Waals surface area contributed by atoms with Gasteiger partial charge in [-0.2, -0.15) is 0 Å². The van der Waals surface area contributed by atoms with Crippen molar-refractivity contribution in [2.45, 2.75) is 18.9 Å². The summed E-state index contributed by atoms with van der Waals surface area (Å²) < 4.78 is 36.0. The van der Waals surface area contributed by atoms with Gasteiger partial charge in [0.15, 0.2) is 17.6 Å². The van der Waals surface area contributed by atoms with E-state index in [-0.39, 0.29) is 48.5 Å². The maximum absolute atomic E-state index is 13.1. The minimum atomic E-state index is -0.939. The van der Waals surface area contributed by atoms with Crippen molar-refractivity contribution in [1.29, 1.82) is 0 Å². The van der Waals surface area contributed by atoms with Crippen LogP contribution in [0.15, 0.2) is 23.2 Å². The first-order chi connectivity index (χ1) is 12.5. The molecule has 152 valence electrons. The number of nitrogens with zero attached hydrogens (tertiary/aromatic N) is 2. The number of hydrogen-bond donors (Lipinski definition) is 2. The Hall–Kier alpha value is -1.85. The molecule has 2 rings (SSSR count). The molecular weight excluding hydrogens is 473 g/mol. The third-order valence-electron chi connectivity index (χ3n) is 4.05. The second-order valence-corrected chi connectivity index (χ2v) is 5.80. The number of amides is 1. The van der Waals surface area contributed by atoms with Crippen molar-refractivity contribution in [2.75, 3.05) is 40.4 Å². The Bertz CT molecular complexity index is 641. The fourth-order valence-corrected chi connectivity index (χ4v) is 2.63. The molecule has 1 aromatic rings. The average molecular weight is 498 g/mol. The summed E-state index contributed by atoms with van der Waals surface area (Å²) in [5, 5.41) is 6.39. The number of ether oxygens (including phenoxy) is 2. The Morgan fingerprint density at radius 1 is 1.30 bits per heavy atom. The zero-order valence-electron chi connectivity index (χ0n) is 15.3. The largest absolute Gasteiger partial charge is 0.492 e. The van der Waals surface area contributed by atoms with Crippen LogP contribution in [-0.2, 0) is 4.74 Å². The molecule has 1 aliphatic rings. The van der Waals surface area contributed by atoms with Gasteiger partial charge >= 0.3 is 6.09 Å². The van der Waals surface area contributed by atoms with Gasteiger partial charge < -0.3 is 25.0 Å². The molecule has 1 aliphatic heterocycles. The zero-order chi connectivity index (χ0) is 18.9. The van der Waals surface area contributed by atoms with Crippen LogP contribution in [0.1, 0.15) is 12.8 Å². The number of carbonyl (C=O) groups excluding carboxylic acids is 1. The predicted octanol–water partition coefficient (Wildman–Crippen LogP) is 2.36. The first-order valence-corrected chi connectivity index (χ1v) is 8.41. The molecule has 10 heteroatoms. The monoisotopic (exact) mass is 498 g/mol. The number of carbonyl (C=O) groups is 1. The normalized spacial score (nSPS) is 15.0. The lowest BCUT2D eigenvalue weighted by atomic mass is 10.1. The molecule has 0 atom stereocenters. The first-order valence-electron chi connectivity index (χ1n) is 8.41. The number of guanidine groups is 1. The Morgan fingerprint density at radius 3 is 2.59 bits per heavy atom. The fraction of sp³-hybridized carbons (Fsp3) is 0.529. The van der Waals surface area contributed by atoms with Crippen molar-refractivity contribution in [2.24, 2.45) is 4.99 Å². The second-order valence-electron chi connectivity index (χ2n) is 5.80. The standard InChI is InChI=1S/C17H24F2N4O3.HI/c1-20-16(22-12-5-8-23(9-6-12)17(24)25-2)21-7-10-26-13-3-4-14(18)15(19)11-13;/h3-4,11-12H,5-10H2,1-2H3,(H2,20,21,22);1H. The quantitative estimate of drug-likeness (QED) is 0.282. The maximum Gasteiger partial charge on any atom is 0.409 e. The molecule has 1 saturated heterocycles. The van der Waals surface area contributed by atoms with Gasteiger partial charge in [-0.3, -0.25) is 4.99 Å². The molecular formula is C17H25F2IN4O3. The molecule has 0 spiro atoms. The first kappa shape index (κ1) is 23.2. The lowest BCUT2D eigenvalue weighted by Crippen LogP contribution is -2.50. The van der Waals surface area contributed by atoms with Gasteiger partial charge in [-0.15, -0.1) is 24.0 Å². The number of methoxy groups -OCH3 is 1. The maximum atomic E-state index is 13.1. The van der Waals surface area contributed by atoms with Crippen molar-refractivity contribution in [1.82, 2.24) is 15.5 Å². The van der Waals surface area contributed by atoms with Crippen molar-refractivity contribution < 1.29 is 23.0 Å². The van der Waals surface area contributed by atoms with Crippen LogP contribution in [0.25, 0.3) is 0 Å². The predicted molar refractivity (Wildman–Crippen MR) is 109 cm³/mol. The van der Waals surface area contributed by atoms with Crippen molar-refractivity contribution in [3.05, 3.63) is 29.8 Å². The Balaban J connectivity index is 0.00000364. The average Bonchev–Trinajstić information content (AvgIpc) is 2.66. The van der Waals surface area contributed by atoms with Crippen LogP contribution >= 0.6 is 24.0 Å². The topological polar surface area (TPSA) is 75.2 Å². The number of hydrogen-bond acceptors (Lipinski definition) is 4. The highest BCUT2D eigenvalue weighted by Crippen LogP contribution is 2.15. The van der Waals surface area contributed by atoms with E-state index in [4.69, 9.17) is 9.47 Å². The number of benzene rings is 1. The van der Waals surface area contributed by atoms with E-state index in [0.29, 0.717) is 25.6 Å². The number of halogens is 3. The van der Waals surface area contributed by atoms with Gasteiger partial charge in [0.1, 0.15) is 12.4 Å². The minimum absolute atomic E-state index is 0. The van der Waals surface area contributed by atoms with E-state index in [9.17, 15) is 13.6 Å². The van der Waals surface area contributed by atoms with Gasteiger partial charge in [0, 0.05) is 32.2 Å². The van der Waals surface area contributed by atoms with Gasteiger partial charge in [-0.05, 0) is 25.0 Å². The number of nitrogens with one attached hydrogen (secondary N) is 2. The molecule has 7 nitrogen and oxygen atoms in total. The number of aliphatic imine (C=N–C) groups is 1. The zero-order valence-corrected chi connectivity index (χ0v) is 17.7. The van der Waals surface area contributed by atoms with Gasteiger partial charge in [-0.1, -0.05) is 0 Å². The van der Waals surface area contributed by atoms with Crippen LogP contribution in [0.3, 0.4) is 0 Å². The summed E-state index contributed by atoms with van der Waals surface area (Å²) >= 11 is 0. The van der Waals surface area contributed by atoms with E-state index in [0.717, 1.165) is 25.0 Å². The van der Waals surface area contributed by atoms with Gasteiger partial charge in [0.25, 0.3) is 0 Å². The Morgan fingerprint density at radius 2 is 2.00 bits per heavy atom. The number of likely N-dealkylation sites (tertiary alicyclic amines) is 1. The van der Waals surface area contributed by atoms with E-state index >= 15 is 0 Å². The van der Waals surface area contributed by atoms with Crippen LogP contribution in [0, 0.1) is 11.6 Å². The summed E-state index contributed by atoms with van der Waals surface area (Å²) in [7, 11) is 3.04. The summed E-state index contributed by atoms with van der Waals surface area (Å²) in [6.45, 7) is 1.97. The van der Waals surface area contributed by atoms with Gasteiger partial charge in [0.05, 0.1) is 13.7 Å². The van der Waals surface area contributed by atoms with E-state index < -0.39 is 11.6 Å².